The van der Waals surface area contributed by atoms with E-state index in [9.17, 15) is 0 Å². The van der Waals surface area contributed by atoms with Crippen molar-refractivity contribution in [2.75, 3.05) is 4.90 Å². The highest BCUT2D eigenvalue weighted by Gasteiger charge is 2.24. The van der Waals surface area contributed by atoms with Crippen molar-refractivity contribution in [2.24, 2.45) is 0 Å². The average Bonchev–Trinajstić information content (AvgIpc) is 3.90. The second-order valence-electron chi connectivity index (χ2n) is 15.2. The molecule has 59 heavy (non-hydrogen) atoms. The molecule has 0 aliphatic carbocycles. The Morgan fingerprint density at radius 2 is 0.932 bits per heavy atom. The van der Waals surface area contributed by atoms with Crippen molar-refractivity contribution in [1.82, 2.24) is 0 Å². The van der Waals surface area contributed by atoms with Gasteiger partial charge in [-0.3, -0.25) is 0 Å². The van der Waals surface area contributed by atoms with Crippen molar-refractivity contribution in [3.63, 3.8) is 0 Å². The maximum atomic E-state index is 7.04. The second-order valence-corrected chi connectivity index (χ2v) is 16.2. The van der Waals surface area contributed by atoms with E-state index in [0.717, 1.165) is 44.4 Å². The van der Waals surface area contributed by atoms with Crippen LogP contribution in [0.25, 0.3) is 97.0 Å². The van der Waals surface area contributed by atoms with Crippen LogP contribution < -0.4 is 4.90 Å². The first kappa shape index (κ1) is 33.7. The maximum Gasteiger partial charge on any atom is 0.159 e. The van der Waals surface area contributed by atoms with Gasteiger partial charge in [0.05, 0.1) is 16.1 Å². The molecule has 0 radical (unpaired) electrons. The minimum atomic E-state index is 0.866. The zero-order chi connectivity index (χ0) is 38.9. The normalized spacial score (nSPS) is 11.7. The predicted octanol–water partition coefficient (Wildman–Crippen LogP) is 16.7. The number of benzene rings is 10. The highest BCUT2D eigenvalue weighted by Crippen LogP contribution is 2.51. The van der Waals surface area contributed by atoms with Crippen LogP contribution in [0.1, 0.15) is 0 Å². The van der Waals surface area contributed by atoms with Crippen LogP contribution in [0.4, 0.5) is 17.1 Å². The van der Waals surface area contributed by atoms with Gasteiger partial charge in [-0.05, 0) is 85.9 Å². The first-order valence-electron chi connectivity index (χ1n) is 20.1. The minimum Gasteiger partial charge on any atom is -0.453 e. The molecule has 2 aromatic heterocycles. The van der Waals surface area contributed by atoms with Crippen LogP contribution in [0.3, 0.4) is 0 Å². The summed E-state index contributed by atoms with van der Waals surface area (Å²) in [5, 5.41) is 9.50. The molecule has 0 amide bonds. The number of thiophene rings is 1. The zero-order valence-corrected chi connectivity index (χ0v) is 32.8. The van der Waals surface area contributed by atoms with Crippen LogP contribution >= 0.6 is 11.3 Å². The molecule has 2 nitrogen and oxygen atoms in total. The Kier molecular flexibility index (Phi) is 7.75. The van der Waals surface area contributed by atoms with Gasteiger partial charge in [-0.1, -0.05) is 176 Å². The van der Waals surface area contributed by atoms with Crippen molar-refractivity contribution in [1.29, 1.82) is 0 Å². The molecule has 0 saturated carbocycles. The molecule has 0 aliphatic rings. The number of hydrogen-bond donors (Lipinski definition) is 0. The quantitative estimate of drug-likeness (QED) is 0.167. The van der Waals surface area contributed by atoms with Gasteiger partial charge in [-0.25, -0.2) is 0 Å². The van der Waals surface area contributed by atoms with E-state index < -0.39 is 0 Å². The van der Waals surface area contributed by atoms with Crippen molar-refractivity contribution in [2.45, 2.75) is 0 Å². The van der Waals surface area contributed by atoms with Crippen LogP contribution in [0.2, 0.25) is 0 Å². The van der Waals surface area contributed by atoms with E-state index in [1.54, 1.807) is 0 Å². The minimum absolute atomic E-state index is 0.866. The lowest BCUT2D eigenvalue weighted by atomic mass is 9.95. The SMILES string of the molecule is c1ccc(-c2ccc(-c3ccccc3)c3c2sc2c(N(c4ccc(-c5ccc6ccccc6c5)cc4)c4cccc5c4oc4c6ccccc6ccc54)cccc23)cc1. The van der Waals surface area contributed by atoms with E-state index >= 15 is 0 Å². The zero-order valence-electron chi connectivity index (χ0n) is 32.0. The van der Waals surface area contributed by atoms with Crippen LogP contribution in [0.5, 0.6) is 0 Å². The summed E-state index contributed by atoms with van der Waals surface area (Å²) in [6, 6.07) is 76.8. The number of anilines is 3. The predicted molar refractivity (Wildman–Crippen MR) is 253 cm³/mol. The molecule has 12 rings (SSSR count). The Morgan fingerprint density at radius 1 is 0.339 bits per heavy atom. The Balaban J connectivity index is 1.13. The fourth-order valence-corrected chi connectivity index (χ4v) is 10.4. The molecule has 0 N–H and O–H groups in total. The molecule has 0 atom stereocenters. The number of fused-ring (bicyclic) bond motifs is 9. The van der Waals surface area contributed by atoms with Crippen molar-refractivity contribution < 1.29 is 4.42 Å². The van der Waals surface area contributed by atoms with E-state index in [2.05, 4.69) is 217 Å². The molecular weight excluding hydrogens is 735 g/mol. The second kappa shape index (κ2) is 13.6. The van der Waals surface area contributed by atoms with Gasteiger partial charge in [0.2, 0.25) is 0 Å². The van der Waals surface area contributed by atoms with Gasteiger partial charge in [0.25, 0.3) is 0 Å². The van der Waals surface area contributed by atoms with Gasteiger partial charge < -0.3 is 9.32 Å². The maximum absolute atomic E-state index is 7.04. The Hall–Kier alpha value is -7.46. The first-order valence-corrected chi connectivity index (χ1v) is 20.9. The van der Waals surface area contributed by atoms with Crippen molar-refractivity contribution in [3.05, 3.63) is 212 Å². The largest absolute Gasteiger partial charge is 0.453 e. The molecule has 0 fully saturated rings. The third kappa shape index (κ3) is 5.47. The molecule has 3 heteroatoms. The third-order valence-electron chi connectivity index (χ3n) is 11.9. The molecule has 0 spiro atoms. The molecule has 0 unspecified atom stereocenters. The van der Waals surface area contributed by atoms with Gasteiger partial charge in [0.1, 0.15) is 5.58 Å². The van der Waals surface area contributed by atoms with E-state index in [-0.39, 0.29) is 0 Å². The van der Waals surface area contributed by atoms with Gasteiger partial charge in [-0.2, -0.15) is 0 Å². The molecule has 12 aromatic rings. The molecule has 0 saturated heterocycles. The van der Waals surface area contributed by atoms with Gasteiger partial charge in [-0.15, -0.1) is 11.3 Å². The Morgan fingerprint density at radius 3 is 1.73 bits per heavy atom. The first-order chi connectivity index (χ1) is 29.3. The summed E-state index contributed by atoms with van der Waals surface area (Å²) >= 11 is 1.88. The van der Waals surface area contributed by atoms with Gasteiger partial charge >= 0.3 is 0 Å². The number of para-hydroxylation sites is 1. The highest BCUT2D eigenvalue weighted by atomic mass is 32.1. The van der Waals surface area contributed by atoms with E-state index in [1.807, 2.05) is 11.3 Å². The standard InChI is InChI=1S/C56H35NOS/c1-3-14-38(15-4-1)44-33-34-46(39-16-5-2-6-17-39)56-52(44)49-22-12-24-51(55(49)59-56)57(43-30-27-37(28-31-43)42-26-25-36-13-7-8-19-41(36)35-42)50-23-11-21-47-48-32-29-40-18-9-10-20-45(40)53(48)58-54(47)50/h1-35H. The Bertz CT molecular complexity index is 3550. The molecule has 10 aromatic carbocycles. The van der Waals surface area contributed by atoms with Gasteiger partial charge in [0.15, 0.2) is 5.58 Å². The highest BCUT2D eigenvalue weighted by molar-refractivity contribution is 7.27. The summed E-state index contributed by atoms with van der Waals surface area (Å²) in [6.45, 7) is 0. The van der Waals surface area contributed by atoms with E-state index in [0.29, 0.717) is 0 Å². The van der Waals surface area contributed by atoms with Crippen LogP contribution in [0.15, 0.2) is 217 Å². The van der Waals surface area contributed by atoms with Crippen LogP contribution in [-0.4, -0.2) is 0 Å². The van der Waals surface area contributed by atoms with E-state index in [1.165, 1.54) is 69.7 Å². The fraction of sp³-hybridized carbons (Fsp3) is 0. The number of nitrogens with zero attached hydrogens (tertiary/aromatic N) is 1. The van der Waals surface area contributed by atoms with E-state index in [4.69, 9.17) is 4.42 Å². The van der Waals surface area contributed by atoms with Crippen LogP contribution in [-0.2, 0) is 0 Å². The molecule has 0 aliphatic heterocycles. The number of rotatable bonds is 6. The Labute approximate surface area is 345 Å². The topological polar surface area (TPSA) is 16.4 Å². The lowest BCUT2D eigenvalue weighted by molar-refractivity contribution is 0.673. The van der Waals surface area contributed by atoms with Crippen LogP contribution in [0, 0.1) is 0 Å². The van der Waals surface area contributed by atoms with Gasteiger partial charge in [0, 0.05) is 37.3 Å². The average molecular weight is 770 g/mol. The molecule has 2 heterocycles. The fourth-order valence-electron chi connectivity index (χ4n) is 9.03. The third-order valence-corrected chi connectivity index (χ3v) is 13.1. The molecule has 276 valence electrons. The smallest absolute Gasteiger partial charge is 0.159 e. The lowest BCUT2D eigenvalue weighted by Gasteiger charge is -2.26. The number of hydrogen-bond acceptors (Lipinski definition) is 3. The summed E-state index contributed by atoms with van der Waals surface area (Å²) in [4.78, 5) is 2.42. The summed E-state index contributed by atoms with van der Waals surface area (Å²) in [5.41, 5.74) is 12.2. The van der Waals surface area contributed by atoms with Crippen molar-refractivity contribution >= 4 is 92.1 Å². The summed E-state index contributed by atoms with van der Waals surface area (Å²) in [6.07, 6.45) is 0. The molecule has 0 bridgehead atoms. The monoisotopic (exact) mass is 769 g/mol. The summed E-state index contributed by atoms with van der Waals surface area (Å²) in [7, 11) is 0. The summed E-state index contributed by atoms with van der Waals surface area (Å²) in [5.74, 6) is 0. The lowest BCUT2D eigenvalue weighted by Crippen LogP contribution is -2.10. The van der Waals surface area contributed by atoms with Crippen molar-refractivity contribution in [3.8, 4) is 33.4 Å². The molecular formula is C56H35NOS. The number of furan rings is 1. The summed E-state index contributed by atoms with van der Waals surface area (Å²) < 4.78 is 9.54.